The van der Waals surface area contributed by atoms with E-state index in [1.165, 1.54) is 34.4 Å². The first kappa shape index (κ1) is 13.8. The highest BCUT2D eigenvalue weighted by Gasteiger charge is 2.43. The second kappa shape index (κ2) is 4.96. The van der Waals surface area contributed by atoms with E-state index in [9.17, 15) is 9.18 Å². The molecule has 2 heterocycles. The van der Waals surface area contributed by atoms with Crippen LogP contribution in [-0.4, -0.2) is 23.5 Å². The lowest BCUT2D eigenvalue weighted by molar-refractivity contribution is -0.119. The average molecular weight is 322 g/mol. The number of nitrogens with one attached hydrogen (secondary N) is 3. The minimum atomic E-state index is -0.428. The van der Waals surface area contributed by atoms with Crippen LogP contribution in [0.2, 0.25) is 0 Å². The lowest BCUT2D eigenvalue weighted by atomic mass is 9.75. The number of anilines is 1. The van der Waals surface area contributed by atoms with Crippen molar-refractivity contribution in [3.63, 3.8) is 0 Å². The molecule has 6 heteroatoms. The lowest BCUT2D eigenvalue weighted by Crippen LogP contribution is -2.55. The van der Waals surface area contributed by atoms with E-state index in [4.69, 9.17) is 0 Å². The summed E-state index contributed by atoms with van der Waals surface area (Å²) in [6.07, 6.45) is 9.49. The molecule has 0 aromatic carbocycles. The number of halogens is 1. The zero-order valence-corrected chi connectivity index (χ0v) is 12.7. The maximum atomic E-state index is 13.0. The van der Waals surface area contributed by atoms with Crippen LogP contribution >= 0.6 is 0 Å². The van der Waals surface area contributed by atoms with Crippen LogP contribution in [0.5, 0.6) is 0 Å². The number of rotatable bonds is 2. The van der Waals surface area contributed by atoms with Crippen molar-refractivity contribution in [3.05, 3.63) is 70.7 Å². The average Bonchev–Trinajstić information content (AvgIpc) is 3.37. The number of hydrogen-bond acceptors (Lipinski definition) is 4. The van der Waals surface area contributed by atoms with Gasteiger partial charge in [0, 0.05) is 12.5 Å². The van der Waals surface area contributed by atoms with Gasteiger partial charge >= 0.3 is 0 Å². The summed E-state index contributed by atoms with van der Waals surface area (Å²) in [6, 6.07) is 2.63. The highest BCUT2D eigenvalue weighted by molar-refractivity contribution is 5.94. The molecule has 0 spiro atoms. The van der Waals surface area contributed by atoms with Gasteiger partial charge in [-0.2, -0.15) is 0 Å². The number of hydrogen-bond donors (Lipinski definition) is 3. The first-order valence-corrected chi connectivity index (χ1v) is 7.96. The molecule has 1 aromatic heterocycles. The molecule has 5 rings (SSSR count). The van der Waals surface area contributed by atoms with Gasteiger partial charge in [-0.25, -0.2) is 14.8 Å². The molecule has 0 saturated heterocycles. The third kappa shape index (κ3) is 2.07. The van der Waals surface area contributed by atoms with Crippen molar-refractivity contribution in [3.8, 4) is 0 Å². The maximum Gasteiger partial charge on any atom is 0.234 e. The van der Waals surface area contributed by atoms with E-state index >= 15 is 0 Å². The molecule has 0 saturated carbocycles. The fraction of sp³-hybridized carbons (Fsp3) is 0.222. The third-order valence-electron chi connectivity index (χ3n) is 4.93. The van der Waals surface area contributed by atoms with Crippen LogP contribution in [0.25, 0.3) is 0 Å². The highest BCUT2D eigenvalue weighted by Crippen LogP contribution is 2.48. The molecule has 1 aromatic rings. The Morgan fingerprint density at radius 1 is 1.38 bits per heavy atom. The van der Waals surface area contributed by atoms with E-state index in [0.29, 0.717) is 11.7 Å². The molecule has 5 nitrogen and oxygen atoms in total. The van der Waals surface area contributed by atoms with Crippen molar-refractivity contribution in [2.45, 2.75) is 6.04 Å². The van der Waals surface area contributed by atoms with E-state index in [2.05, 4.69) is 33.3 Å². The molecule has 3 aliphatic carbocycles. The summed E-state index contributed by atoms with van der Waals surface area (Å²) < 4.78 is 13.0. The van der Waals surface area contributed by atoms with Gasteiger partial charge in [-0.15, -0.1) is 0 Å². The molecule has 3 atom stereocenters. The Bertz CT molecular complexity index is 866. The van der Waals surface area contributed by atoms with Gasteiger partial charge in [0.2, 0.25) is 5.91 Å². The van der Waals surface area contributed by atoms with E-state index in [1.807, 2.05) is 12.2 Å². The Labute approximate surface area is 138 Å². The van der Waals surface area contributed by atoms with Crippen molar-refractivity contribution >= 4 is 11.7 Å². The van der Waals surface area contributed by atoms with Gasteiger partial charge in [-0.3, -0.25) is 10.2 Å². The molecule has 3 unspecified atom stereocenters. The van der Waals surface area contributed by atoms with Gasteiger partial charge in [-0.05, 0) is 34.4 Å². The number of pyridine rings is 1. The van der Waals surface area contributed by atoms with Crippen molar-refractivity contribution in [1.82, 2.24) is 15.8 Å². The second-order valence-corrected chi connectivity index (χ2v) is 6.39. The van der Waals surface area contributed by atoms with E-state index in [-0.39, 0.29) is 17.9 Å². The van der Waals surface area contributed by atoms with Crippen LogP contribution in [0.3, 0.4) is 0 Å². The summed E-state index contributed by atoms with van der Waals surface area (Å²) in [5, 5.41) is 2.77. The zero-order chi connectivity index (χ0) is 16.3. The van der Waals surface area contributed by atoms with Gasteiger partial charge in [-0.1, -0.05) is 24.3 Å². The summed E-state index contributed by atoms with van der Waals surface area (Å²) in [5.41, 5.74) is 11.6. The van der Waals surface area contributed by atoms with Crippen LogP contribution in [0, 0.1) is 17.7 Å². The molecule has 1 aliphatic heterocycles. The van der Waals surface area contributed by atoms with Crippen LogP contribution < -0.4 is 16.2 Å². The predicted molar refractivity (Wildman–Crippen MR) is 87.1 cm³/mol. The van der Waals surface area contributed by atoms with Crippen molar-refractivity contribution in [2.24, 2.45) is 11.8 Å². The standard InChI is InChI=1S/C18H15FN4O/c19-11-2-4-15(20-7-11)22-18(24)12-3-1-9-5-10-6-13(10)14-8-21-23-17(12)16(9)14/h1-7,12-13,17,21,23H,8H2,(H,20,22,24). The normalized spacial score (nSPS) is 29.3. The summed E-state index contributed by atoms with van der Waals surface area (Å²) in [5.74, 6) is -0.152. The molecular formula is C18H15FN4O. The van der Waals surface area contributed by atoms with E-state index in [0.717, 1.165) is 12.7 Å². The van der Waals surface area contributed by atoms with Crippen molar-refractivity contribution < 1.29 is 9.18 Å². The summed E-state index contributed by atoms with van der Waals surface area (Å²) in [7, 11) is 0. The van der Waals surface area contributed by atoms with Crippen molar-refractivity contribution in [2.75, 3.05) is 11.9 Å². The molecule has 3 N–H and O–H groups in total. The molecule has 24 heavy (non-hydrogen) atoms. The fourth-order valence-corrected chi connectivity index (χ4v) is 3.73. The highest BCUT2D eigenvalue weighted by atomic mass is 19.1. The van der Waals surface area contributed by atoms with E-state index < -0.39 is 5.82 Å². The third-order valence-corrected chi connectivity index (χ3v) is 4.93. The fourth-order valence-electron chi connectivity index (χ4n) is 3.73. The van der Waals surface area contributed by atoms with Crippen LogP contribution in [0.15, 0.2) is 64.9 Å². The summed E-state index contributed by atoms with van der Waals surface area (Å²) in [6.45, 7) is 0.787. The number of carbonyl (C=O) groups is 1. The smallest absolute Gasteiger partial charge is 0.234 e. The maximum absolute atomic E-state index is 13.0. The molecule has 1 amide bonds. The minimum Gasteiger partial charge on any atom is -0.310 e. The zero-order valence-electron chi connectivity index (χ0n) is 12.7. The number of hydrazine groups is 1. The van der Waals surface area contributed by atoms with Crippen LogP contribution in [0.1, 0.15) is 0 Å². The van der Waals surface area contributed by atoms with Crippen LogP contribution in [-0.2, 0) is 4.79 Å². The Morgan fingerprint density at radius 3 is 3.12 bits per heavy atom. The van der Waals surface area contributed by atoms with Gasteiger partial charge in [0.1, 0.15) is 11.6 Å². The van der Waals surface area contributed by atoms with Gasteiger partial charge in [0.25, 0.3) is 0 Å². The molecule has 0 bridgehead atoms. The molecule has 120 valence electrons. The minimum absolute atomic E-state index is 0.110. The quantitative estimate of drug-likeness (QED) is 0.774. The Kier molecular flexibility index (Phi) is 2.86. The molecule has 4 aliphatic rings. The SMILES string of the molecule is O=C(Nc1ccc(F)cn1)C1C=CC2=CC3=CC3C3=C2C1NNC3. The Morgan fingerprint density at radius 2 is 2.29 bits per heavy atom. The Balaban J connectivity index is 1.45. The number of amides is 1. The predicted octanol–water partition coefficient (Wildman–Crippen LogP) is 1.61. The molecule has 0 radical (unpaired) electrons. The van der Waals surface area contributed by atoms with Gasteiger partial charge in [0.05, 0.1) is 18.2 Å². The summed E-state index contributed by atoms with van der Waals surface area (Å²) in [4.78, 5) is 16.6. The first-order chi connectivity index (χ1) is 11.7. The molecule has 0 fully saturated rings. The molecular weight excluding hydrogens is 307 g/mol. The monoisotopic (exact) mass is 322 g/mol. The van der Waals surface area contributed by atoms with Crippen LogP contribution in [0.4, 0.5) is 10.2 Å². The second-order valence-electron chi connectivity index (χ2n) is 6.39. The van der Waals surface area contributed by atoms with Gasteiger partial charge < -0.3 is 5.32 Å². The number of carbonyl (C=O) groups excluding carboxylic acids is 1. The number of fused-ring (bicyclic) bond motifs is 2. The first-order valence-electron chi connectivity index (χ1n) is 7.96. The van der Waals surface area contributed by atoms with Gasteiger partial charge in [0.15, 0.2) is 0 Å². The number of nitrogens with zero attached hydrogens (tertiary/aromatic N) is 1. The lowest BCUT2D eigenvalue weighted by Gasteiger charge is -2.38. The number of allylic oxidation sites excluding steroid dienone is 4. The van der Waals surface area contributed by atoms with E-state index in [1.54, 1.807) is 0 Å². The number of aromatic nitrogens is 1. The Hall–Kier alpha value is -2.57. The van der Waals surface area contributed by atoms with Crippen molar-refractivity contribution in [1.29, 1.82) is 0 Å². The topological polar surface area (TPSA) is 66.0 Å². The largest absolute Gasteiger partial charge is 0.310 e. The summed E-state index contributed by atoms with van der Waals surface area (Å²) >= 11 is 0.